The molecule has 0 saturated heterocycles. The highest BCUT2D eigenvalue weighted by molar-refractivity contribution is 5.99. The Morgan fingerprint density at radius 1 is 1.28 bits per heavy atom. The van der Waals surface area contributed by atoms with Crippen molar-refractivity contribution in [3.8, 4) is 6.07 Å². The Morgan fingerprint density at radius 3 is 2.92 bits per heavy atom. The summed E-state index contributed by atoms with van der Waals surface area (Å²) in [6.07, 6.45) is 3.43. The van der Waals surface area contributed by atoms with Crippen molar-refractivity contribution in [1.82, 2.24) is 9.99 Å². The Labute approximate surface area is 146 Å². The molecule has 0 fully saturated rings. The van der Waals surface area contributed by atoms with Crippen LogP contribution in [0.5, 0.6) is 0 Å². The van der Waals surface area contributed by atoms with Gasteiger partial charge in [0.25, 0.3) is 5.91 Å². The minimum absolute atomic E-state index is 0.202. The van der Waals surface area contributed by atoms with Crippen LogP contribution in [-0.4, -0.2) is 16.7 Å². The van der Waals surface area contributed by atoms with Gasteiger partial charge in [-0.2, -0.15) is 10.4 Å². The highest BCUT2D eigenvalue weighted by atomic mass is 16.2. The number of nitrogens with zero attached hydrogens (tertiary/aromatic N) is 3. The van der Waals surface area contributed by atoms with E-state index in [2.05, 4.69) is 52.3 Å². The minimum atomic E-state index is -0.415. The molecule has 25 heavy (non-hydrogen) atoms. The van der Waals surface area contributed by atoms with Gasteiger partial charge in [-0.25, -0.2) is 5.43 Å². The first-order valence-electron chi connectivity index (χ1n) is 7.99. The molecule has 0 unspecified atom stereocenters. The zero-order valence-corrected chi connectivity index (χ0v) is 13.9. The summed E-state index contributed by atoms with van der Waals surface area (Å²) < 4.78 is 2.17. The standard InChI is InChI=1S/C20H18N4O/c1-15-5-4-6-16(11-15)13-24-14-17(12-22-23-20(25)9-10-21)18-7-2-3-8-19(18)24/h2-8,11-12,14H,9,13H2,1H3,(H,23,25)/b22-12-. The van der Waals surface area contributed by atoms with E-state index in [1.807, 2.05) is 24.4 Å². The molecule has 0 aliphatic carbocycles. The lowest BCUT2D eigenvalue weighted by molar-refractivity contribution is -0.120. The number of benzene rings is 2. The molecule has 0 radical (unpaired) electrons. The average molecular weight is 330 g/mol. The maximum Gasteiger partial charge on any atom is 0.254 e. The largest absolute Gasteiger partial charge is 0.342 e. The maximum absolute atomic E-state index is 11.3. The van der Waals surface area contributed by atoms with E-state index in [0.717, 1.165) is 23.0 Å². The normalized spacial score (nSPS) is 10.9. The smallest absolute Gasteiger partial charge is 0.254 e. The van der Waals surface area contributed by atoms with Gasteiger partial charge >= 0.3 is 0 Å². The number of aryl methyl sites for hydroxylation is 1. The Balaban J connectivity index is 1.89. The van der Waals surface area contributed by atoms with Gasteiger partial charge in [-0.3, -0.25) is 4.79 Å². The molecule has 0 spiro atoms. The quantitative estimate of drug-likeness (QED) is 0.575. The molecule has 0 aliphatic rings. The summed E-state index contributed by atoms with van der Waals surface area (Å²) in [5, 5.41) is 13.5. The Morgan fingerprint density at radius 2 is 2.12 bits per heavy atom. The molecule has 124 valence electrons. The van der Waals surface area contributed by atoms with E-state index < -0.39 is 5.91 Å². The third-order valence-corrected chi connectivity index (χ3v) is 3.89. The molecule has 0 aliphatic heterocycles. The van der Waals surface area contributed by atoms with Crippen molar-refractivity contribution >= 4 is 23.0 Å². The topological polar surface area (TPSA) is 70.2 Å². The molecule has 0 saturated carbocycles. The first kappa shape index (κ1) is 16.5. The van der Waals surface area contributed by atoms with Crippen molar-refractivity contribution in [2.24, 2.45) is 5.10 Å². The average Bonchev–Trinajstić information content (AvgIpc) is 2.93. The lowest BCUT2D eigenvalue weighted by atomic mass is 10.1. The number of rotatable bonds is 5. The summed E-state index contributed by atoms with van der Waals surface area (Å²) in [5.74, 6) is -0.415. The molecule has 1 amide bonds. The van der Waals surface area contributed by atoms with Gasteiger partial charge < -0.3 is 4.57 Å². The van der Waals surface area contributed by atoms with Gasteiger partial charge in [-0.05, 0) is 18.6 Å². The van der Waals surface area contributed by atoms with Gasteiger partial charge in [0.05, 0.1) is 12.3 Å². The van der Waals surface area contributed by atoms with E-state index in [0.29, 0.717) is 0 Å². The van der Waals surface area contributed by atoms with E-state index >= 15 is 0 Å². The van der Waals surface area contributed by atoms with Crippen LogP contribution < -0.4 is 5.43 Å². The van der Waals surface area contributed by atoms with Gasteiger partial charge in [-0.15, -0.1) is 0 Å². The number of nitrogens with one attached hydrogen (secondary N) is 1. The van der Waals surface area contributed by atoms with Crippen LogP contribution in [0.15, 0.2) is 59.8 Å². The Kier molecular flexibility index (Phi) is 4.91. The lowest BCUT2D eigenvalue weighted by Gasteiger charge is -2.06. The minimum Gasteiger partial charge on any atom is -0.342 e. The number of nitriles is 1. The number of para-hydroxylation sites is 1. The molecule has 2 aromatic carbocycles. The summed E-state index contributed by atoms with van der Waals surface area (Å²) in [5.41, 5.74) is 6.85. The van der Waals surface area contributed by atoms with Gasteiger partial charge in [0.2, 0.25) is 0 Å². The van der Waals surface area contributed by atoms with Gasteiger partial charge in [0.1, 0.15) is 6.42 Å². The zero-order valence-electron chi connectivity index (χ0n) is 13.9. The number of hydrogen-bond donors (Lipinski definition) is 1. The summed E-state index contributed by atoms with van der Waals surface area (Å²) >= 11 is 0. The molecule has 3 aromatic rings. The third-order valence-electron chi connectivity index (χ3n) is 3.89. The number of hydrazone groups is 1. The second-order valence-corrected chi connectivity index (χ2v) is 5.85. The number of carbonyl (C=O) groups is 1. The van der Waals surface area contributed by atoms with Crippen molar-refractivity contribution in [2.75, 3.05) is 0 Å². The van der Waals surface area contributed by atoms with Crippen LogP contribution in [0.4, 0.5) is 0 Å². The van der Waals surface area contributed by atoms with Gasteiger partial charge in [-0.1, -0.05) is 48.0 Å². The van der Waals surface area contributed by atoms with Crippen LogP contribution >= 0.6 is 0 Å². The van der Waals surface area contributed by atoms with E-state index in [9.17, 15) is 4.79 Å². The molecule has 1 N–H and O–H groups in total. The fraction of sp³-hybridized carbons (Fsp3) is 0.150. The second kappa shape index (κ2) is 7.45. The van der Waals surface area contributed by atoms with Crippen molar-refractivity contribution in [1.29, 1.82) is 5.26 Å². The Bertz CT molecular complexity index is 979. The van der Waals surface area contributed by atoms with Gasteiger partial charge in [0, 0.05) is 29.2 Å². The van der Waals surface area contributed by atoms with E-state index in [4.69, 9.17) is 5.26 Å². The zero-order chi connectivity index (χ0) is 17.6. The summed E-state index contributed by atoms with van der Waals surface area (Å²) in [6.45, 7) is 2.84. The molecular formula is C20H18N4O. The van der Waals surface area contributed by atoms with Crippen LogP contribution in [0, 0.1) is 18.3 Å². The molecule has 0 bridgehead atoms. The fourth-order valence-corrected chi connectivity index (χ4v) is 2.80. The first-order chi connectivity index (χ1) is 12.2. The van der Waals surface area contributed by atoms with Crippen LogP contribution in [0.25, 0.3) is 10.9 Å². The summed E-state index contributed by atoms with van der Waals surface area (Å²) in [4.78, 5) is 11.3. The summed E-state index contributed by atoms with van der Waals surface area (Å²) in [7, 11) is 0. The summed E-state index contributed by atoms with van der Waals surface area (Å²) in [6, 6.07) is 18.3. The lowest BCUT2D eigenvalue weighted by Crippen LogP contribution is -2.16. The molecule has 5 heteroatoms. The van der Waals surface area contributed by atoms with E-state index in [1.165, 1.54) is 11.1 Å². The number of hydrogen-bond acceptors (Lipinski definition) is 3. The highest BCUT2D eigenvalue weighted by Gasteiger charge is 2.07. The molecular weight excluding hydrogens is 312 g/mol. The number of amides is 1. The van der Waals surface area contributed by atoms with Crippen LogP contribution in [0.1, 0.15) is 23.1 Å². The van der Waals surface area contributed by atoms with Crippen LogP contribution in [-0.2, 0) is 11.3 Å². The van der Waals surface area contributed by atoms with E-state index in [-0.39, 0.29) is 6.42 Å². The number of carbonyl (C=O) groups excluding carboxylic acids is 1. The maximum atomic E-state index is 11.3. The van der Waals surface area contributed by atoms with Crippen molar-refractivity contribution in [3.63, 3.8) is 0 Å². The molecule has 5 nitrogen and oxygen atoms in total. The first-order valence-corrected chi connectivity index (χ1v) is 7.99. The second-order valence-electron chi connectivity index (χ2n) is 5.85. The monoisotopic (exact) mass is 330 g/mol. The Hall–Kier alpha value is -3.39. The molecule has 0 atom stereocenters. The predicted molar refractivity (Wildman–Crippen MR) is 98.2 cm³/mol. The molecule has 1 heterocycles. The van der Waals surface area contributed by atoms with E-state index in [1.54, 1.807) is 12.3 Å². The van der Waals surface area contributed by atoms with Crippen molar-refractivity contribution in [2.45, 2.75) is 19.9 Å². The van der Waals surface area contributed by atoms with Crippen molar-refractivity contribution < 1.29 is 4.79 Å². The molecule has 1 aromatic heterocycles. The SMILES string of the molecule is Cc1cccc(Cn2cc(/C=N\NC(=O)CC#N)c3ccccc32)c1. The predicted octanol–water partition coefficient (Wildman–Crippen LogP) is 3.36. The number of aromatic nitrogens is 1. The highest BCUT2D eigenvalue weighted by Crippen LogP contribution is 2.21. The van der Waals surface area contributed by atoms with Gasteiger partial charge in [0.15, 0.2) is 0 Å². The van der Waals surface area contributed by atoms with Crippen LogP contribution in [0.2, 0.25) is 0 Å². The molecule has 3 rings (SSSR count). The van der Waals surface area contributed by atoms with Crippen molar-refractivity contribution in [3.05, 3.63) is 71.4 Å². The fourth-order valence-electron chi connectivity index (χ4n) is 2.80. The third kappa shape index (κ3) is 3.93. The number of fused-ring (bicyclic) bond motifs is 1. The van der Waals surface area contributed by atoms with Crippen LogP contribution in [0.3, 0.4) is 0 Å².